The summed E-state index contributed by atoms with van der Waals surface area (Å²) in [5.74, 6) is 0.393. The summed E-state index contributed by atoms with van der Waals surface area (Å²) < 4.78 is 41.9. The van der Waals surface area contributed by atoms with E-state index in [1.807, 2.05) is 11.9 Å². The summed E-state index contributed by atoms with van der Waals surface area (Å²) in [4.78, 5) is 13.3. The van der Waals surface area contributed by atoms with Crippen molar-refractivity contribution >= 4 is 44.3 Å². The topological polar surface area (TPSA) is 50.7 Å². The Balaban J connectivity index is 1.44. The summed E-state index contributed by atoms with van der Waals surface area (Å²) in [6.45, 7) is 1.60. The maximum atomic E-state index is 15.3. The summed E-state index contributed by atoms with van der Waals surface area (Å²) >= 11 is 9.76. The van der Waals surface area contributed by atoms with Crippen molar-refractivity contribution in [2.24, 2.45) is 0 Å². The summed E-state index contributed by atoms with van der Waals surface area (Å²) in [5, 5.41) is 0.653. The fourth-order valence-corrected chi connectivity index (χ4v) is 6.67. The third-order valence-electron chi connectivity index (χ3n) is 7.64. The van der Waals surface area contributed by atoms with E-state index < -0.39 is 12.0 Å². The van der Waals surface area contributed by atoms with Gasteiger partial charge < -0.3 is 14.4 Å². The van der Waals surface area contributed by atoms with Gasteiger partial charge in [0.15, 0.2) is 11.6 Å². The van der Waals surface area contributed by atoms with Crippen molar-refractivity contribution in [3.05, 3.63) is 15.3 Å². The summed E-state index contributed by atoms with van der Waals surface area (Å²) in [6.07, 6.45) is 4.34. The molecule has 6 rings (SSSR count). The van der Waals surface area contributed by atoms with E-state index in [-0.39, 0.29) is 45.3 Å². The average Bonchev–Trinajstić information content (AvgIpc) is 3.45. The van der Waals surface area contributed by atoms with Crippen molar-refractivity contribution < 1.29 is 18.3 Å². The molecule has 1 saturated carbocycles. The van der Waals surface area contributed by atoms with Crippen molar-refractivity contribution in [3.63, 3.8) is 0 Å². The molecule has 1 aromatic heterocycles. The molecule has 6 nitrogen and oxygen atoms in total. The second kappa shape index (κ2) is 7.53. The zero-order valence-electron chi connectivity index (χ0n) is 17.7. The van der Waals surface area contributed by atoms with Gasteiger partial charge in [-0.05, 0) is 54.6 Å². The predicted molar refractivity (Wildman–Crippen MR) is 121 cm³/mol. The number of ether oxygens (including phenoxy) is 2. The highest BCUT2D eigenvalue weighted by Crippen LogP contribution is 2.49. The Labute approximate surface area is 198 Å². The Morgan fingerprint density at radius 1 is 1.31 bits per heavy atom. The van der Waals surface area contributed by atoms with E-state index in [2.05, 4.69) is 25.8 Å². The number of nitrogens with zero attached hydrogens (tertiary/aromatic N) is 4. The largest absolute Gasteiger partial charge is 0.486 e. The lowest BCUT2D eigenvalue weighted by Crippen LogP contribution is -2.43. The van der Waals surface area contributed by atoms with Gasteiger partial charge >= 0.3 is 6.01 Å². The number of aromatic nitrogens is 2. The second-order valence-electron chi connectivity index (χ2n) is 9.45. The molecule has 1 aliphatic carbocycles. The van der Waals surface area contributed by atoms with Crippen LogP contribution in [-0.4, -0.2) is 65.5 Å². The molecule has 1 aromatic carbocycles. The first-order valence-electron chi connectivity index (χ1n) is 11.2. The smallest absolute Gasteiger partial charge is 0.319 e. The fourth-order valence-electron chi connectivity index (χ4n) is 6.08. The summed E-state index contributed by atoms with van der Waals surface area (Å²) in [7, 11) is 1.95. The van der Waals surface area contributed by atoms with Crippen molar-refractivity contribution in [3.8, 4) is 11.8 Å². The van der Waals surface area contributed by atoms with E-state index in [1.165, 1.54) is 0 Å². The molecule has 0 spiro atoms. The molecule has 0 bridgehead atoms. The number of anilines is 1. The maximum Gasteiger partial charge on any atom is 0.319 e. The van der Waals surface area contributed by atoms with Crippen LogP contribution in [0.3, 0.4) is 0 Å². The molecule has 2 unspecified atom stereocenters. The van der Waals surface area contributed by atoms with Gasteiger partial charge in [-0.25, -0.2) is 8.78 Å². The molecule has 10 heteroatoms. The van der Waals surface area contributed by atoms with Crippen LogP contribution >= 0.6 is 27.5 Å². The first-order valence-corrected chi connectivity index (χ1v) is 12.3. The van der Waals surface area contributed by atoms with Crippen molar-refractivity contribution in [1.82, 2.24) is 14.9 Å². The van der Waals surface area contributed by atoms with Crippen LogP contribution in [0.5, 0.6) is 11.8 Å². The van der Waals surface area contributed by atoms with Gasteiger partial charge in [0.2, 0.25) is 0 Å². The van der Waals surface area contributed by atoms with Crippen LogP contribution in [0.15, 0.2) is 4.47 Å². The first kappa shape index (κ1) is 21.1. The Morgan fingerprint density at radius 3 is 3.00 bits per heavy atom. The molecule has 3 aliphatic heterocycles. The highest BCUT2D eigenvalue weighted by Gasteiger charge is 2.49. The molecule has 0 amide bonds. The van der Waals surface area contributed by atoms with Crippen LogP contribution in [0.2, 0.25) is 5.02 Å². The number of benzene rings is 1. The monoisotopic (exact) mass is 528 g/mol. The minimum absolute atomic E-state index is 0.0532. The molecule has 172 valence electrons. The second-order valence-corrected chi connectivity index (χ2v) is 10.6. The Kier molecular flexibility index (Phi) is 4.97. The fraction of sp³-hybridized carbons (Fsp3) is 0.636. The highest BCUT2D eigenvalue weighted by atomic mass is 79.9. The third-order valence-corrected chi connectivity index (χ3v) is 8.97. The van der Waals surface area contributed by atoms with E-state index in [0.717, 1.165) is 38.6 Å². The normalized spacial score (nSPS) is 31.5. The molecule has 0 radical (unpaired) electrons. The molecule has 3 fully saturated rings. The molecule has 2 aromatic rings. The van der Waals surface area contributed by atoms with Gasteiger partial charge in [-0.15, -0.1) is 0 Å². The van der Waals surface area contributed by atoms with Crippen LogP contribution in [-0.2, 0) is 0 Å². The van der Waals surface area contributed by atoms with Crippen LogP contribution in [0, 0.1) is 5.82 Å². The number of rotatable bonds is 3. The SMILES string of the molecule is CN1c2nc(OC[C@@]34CCCN3C[C@H](F)C4)nc3c(F)c(Br)c(Cl)c(c23)OC2CCCC21. The average molecular weight is 530 g/mol. The van der Waals surface area contributed by atoms with Crippen LogP contribution < -0.4 is 14.4 Å². The van der Waals surface area contributed by atoms with Gasteiger partial charge in [0.1, 0.15) is 35.2 Å². The maximum absolute atomic E-state index is 15.3. The minimum Gasteiger partial charge on any atom is -0.486 e. The van der Waals surface area contributed by atoms with E-state index in [4.69, 9.17) is 26.1 Å². The van der Waals surface area contributed by atoms with Crippen LogP contribution in [0.1, 0.15) is 38.5 Å². The lowest BCUT2D eigenvalue weighted by Gasteiger charge is -2.31. The molecule has 4 aliphatic rings. The lowest BCUT2D eigenvalue weighted by atomic mass is 9.95. The highest BCUT2D eigenvalue weighted by molar-refractivity contribution is 9.10. The molecule has 32 heavy (non-hydrogen) atoms. The number of alkyl halides is 1. The van der Waals surface area contributed by atoms with E-state index in [0.29, 0.717) is 29.9 Å². The third kappa shape index (κ3) is 3.03. The number of fused-ring (bicyclic) bond motifs is 2. The van der Waals surface area contributed by atoms with E-state index >= 15 is 4.39 Å². The van der Waals surface area contributed by atoms with Gasteiger partial charge in [-0.2, -0.15) is 9.97 Å². The number of likely N-dealkylation sites (N-methyl/N-ethyl adjacent to an activating group) is 1. The van der Waals surface area contributed by atoms with E-state index in [1.54, 1.807) is 0 Å². The molecule has 4 heterocycles. The van der Waals surface area contributed by atoms with Crippen molar-refractivity contribution in [1.29, 1.82) is 0 Å². The van der Waals surface area contributed by atoms with Gasteiger partial charge in [0, 0.05) is 20.0 Å². The Morgan fingerprint density at radius 2 is 2.16 bits per heavy atom. The number of hydrogen-bond acceptors (Lipinski definition) is 6. The van der Waals surface area contributed by atoms with Crippen molar-refractivity contribution in [2.75, 3.05) is 31.6 Å². The Bertz CT molecular complexity index is 1110. The number of halogens is 4. The summed E-state index contributed by atoms with van der Waals surface area (Å²) in [5.41, 5.74) is -0.222. The molecule has 2 saturated heterocycles. The quantitative estimate of drug-likeness (QED) is 0.528. The van der Waals surface area contributed by atoms with Crippen LogP contribution in [0.25, 0.3) is 10.9 Å². The molecular formula is C22H24BrClF2N4O2. The zero-order valence-corrected chi connectivity index (χ0v) is 20.1. The summed E-state index contributed by atoms with van der Waals surface area (Å²) in [6, 6.07) is 0.204. The predicted octanol–water partition coefficient (Wildman–Crippen LogP) is 4.89. The molecule has 0 N–H and O–H groups in total. The zero-order chi connectivity index (χ0) is 22.2. The molecular weight excluding hydrogens is 506 g/mol. The van der Waals surface area contributed by atoms with Gasteiger partial charge in [0.25, 0.3) is 0 Å². The van der Waals surface area contributed by atoms with Gasteiger partial charge in [0.05, 0.1) is 21.4 Å². The lowest BCUT2D eigenvalue weighted by molar-refractivity contribution is 0.107. The van der Waals surface area contributed by atoms with E-state index in [9.17, 15) is 4.39 Å². The number of hydrogen-bond donors (Lipinski definition) is 0. The first-order chi connectivity index (χ1) is 15.4. The minimum atomic E-state index is -0.846. The van der Waals surface area contributed by atoms with Gasteiger partial charge in [-0.1, -0.05) is 11.6 Å². The molecule has 4 atom stereocenters. The van der Waals surface area contributed by atoms with Crippen molar-refractivity contribution in [2.45, 2.75) is 62.4 Å². The van der Waals surface area contributed by atoms with Gasteiger partial charge in [-0.3, -0.25) is 4.90 Å². The van der Waals surface area contributed by atoms with Crippen LogP contribution in [0.4, 0.5) is 14.6 Å². The standard InChI is InChI=1S/C22H24BrClF2N4O2/c1-29-12-4-2-5-13(12)32-19-14-18(17(26)15(23)16(19)24)27-21(28-20(14)29)31-10-22-6-3-7-30(22)9-11(25)8-22/h11-13H,2-10H2,1H3/t11-,12?,13?,22+/m1/s1. The Hall–Kier alpha value is -1.45.